The Balaban J connectivity index is 1.53. The van der Waals surface area contributed by atoms with E-state index in [4.69, 9.17) is 28.1 Å². The van der Waals surface area contributed by atoms with Crippen molar-refractivity contribution in [1.82, 2.24) is 0 Å². The summed E-state index contributed by atoms with van der Waals surface area (Å²) in [4.78, 5) is 13.7. The number of methoxy groups -OCH3 is 1. The van der Waals surface area contributed by atoms with Crippen LogP contribution in [0.25, 0.3) is 22.3 Å². The number of ether oxygens (including phenoxy) is 5. The number of rotatable bonds is 8. The van der Waals surface area contributed by atoms with Gasteiger partial charge in [0.15, 0.2) is 5.76 Å². The monoisotopic (exact) mass is 624 g/mol. The minimum Gasteiger partial charge on any atom is -0.507 e. The summed E-state index contributed by atoms with van der Waals surface area (Å²) in [5.74, 6) is -1.05. The number of aliphatic hydroxyl groups is 8. The summed E-state index contributed by atoms with van der Waals surface area (Å²) in [5.41, 5.74) is -0.822. The molecular weight excluding hydrogens is 592 g/mol. The van der Waals surface area contributed by atoms with Gasteiger partial charge in [-0.3, -0.25) is 4.79 Å². The maximum absolute atomic E-state index is 13.7. The molecule has 6 unspecified atom stereocenters. The van der Waals surface area contributed by atoms with Gasteiger partial charge in [0.1, 0.15) is 77.0 Å². The number of hydrogen-bond acceptors (Lipinski definition) is 16. The minimum atomic E-state index is -1.87. The van der Waals surface area contributed by atoms with Crippen molar-refractivity contribution in [1.29, 1.82) is 0 Å². The second kappa shape index (κ2) is 12.8. The normalized spacial score (nSPS) is 32.4. The van der Waals surface area contributed by atoms with Crippen molar-refractivity contribution in [3.63, 3.8) is 0 Å². The van der Waals surface area contributed by atoms with Crippen molar-refractivity contribution in [2.45, 2.75) is 61.4 Å². The average molecular weight is 625 g/mol. The number of fused-ring (bicyclic) bond motifs is 1. The fourth-order valence-corrected chi connectivity index (χ4v) is 4.94. The first-order chi connectivity index (χ1) is 21.0. The maximum atomic E-state index is 13.7. The van der Waals surface area contributed by atoms with Crippen LogP contribution in [0.3, 0.4) is 0 Å². The number of aliphatic hydroxyl groups excluding tert-OH is 8. The van der Waals surface area contributed by atoms with Crippen LogP contribution in [-0.2, 0) is 9.47 Å². The molecule has 3 heterocycles. The summed E-state index contributed by atoms with van der Waals surface area (Å²) in [7, 11) is 1.34. The van der Waals surface area contributed by atoms with Crippen LogP contribution in [0.1, 0.15) is 0 Å². The van der Waals surface area contributed by atoms with Gasteiger partial charge in [0.05, 0.1) is 20.3 Å². The van der Waals surface area contributed by atoms with Crippen molar-refractivity contribution in [2.24, 2.45) is 0 Å². The molecule has 3 aromatic rings. The summed E-state index contributed by atoms with van der Waals surface area (Å²) in [5, 5.41) is 90.4. The van der Waals surface area contributed by atoms with Gasteiger partial charge in [-0.1, -0.05) is 0 Å². The molecule has 10 atom stereocenters. The molecule has 0 radical (unpaired) electrons. The van der Waals surface area contributed by atoms with E-state index in [1.54, 1.807) is 0 Å². The van der Waals surface area contributed by atoms with E-state index in [1.165, 1.54) is 43.5 Å². The third kappa shape index (κ3) is 5.80. The number of aromatic hydroxyl groups is 1. The lowest BCUT2D eigenvalue weighted by molar-refractivity contribution is -0.277. The number of phenolic OH excluding ortho intramolecular Hbond substituents is 1. The van der Waals surface area contributed by atoms with Crippen LogP contribution >= 0.6 is 0 Å². The lowest BCUT2D eigenvalue weighted by atomic mass is 9.99. The van der Waals surface area contributed by atoms with Crippen LogP contribution < -0.4 is 19.6 Å². The highest BCUT2D eigenvalue weighted by Crippen LogP contribution is 2.38. The Labute approximate surface area is 248 Å². The third-order valence-corrected chi connectivity index (χ3v) is 7.44. The topological polar surface area (TPSA) is 258 Å². The van der Waals surface area contributed by atoms with Crippen LogP contribution in [-0.4, -0.2) is 128 Å². The Hall–Kier alpha value is -3.55. The van der Waals surface area contributed by atoms with Crippen molar-refractivity contribution < 1.29 is 74.1 Å². The van der Waals surface area contributed by atoms with Gasteiger partial charge in [0.25, 0.3) is 0 Å². The van der Waals surface area contributed by atoms with Crippen LogP contribution in [0.5, 0.6) is 23.0 Å². The molecule has 16 nitrogen and oxygen atoms in total. The van der Waals surface area contributed by atoms with E-state index in [2.05, 4.69) is 0 Å². The quantitative estimate of drug-likeness (QED) is 0.126. The lowest BCUT2D eigenvalue weighted by Gasteiger charge is -2.39. The predicted octanol–water partition coefficient (Wildman–Crippen LogP) is -2.47. The number of benzene rings is 2. The van der Waals surface area contributed by atoms with E-state index >= 15 is 0 Å². The molecular formula is C28H32O16. The first-order valence-corrected chi connectivity index (χ1v) is 13.4. The fraction of sp³-hybridized carbons (Fsp3) is 0.464. The van der Waals surface area contributed by atoms with Crippen LogP contribution in [0.2, 0.25) is 0 Å². The summed E-state index contributed by atoms with van der Waals surface area (Å²) in [6, 6.07) is 8.08. The molecule has 0 amide bonds. The molecule has 2 aliphatic rings. The number of hydrogen-bond donors (Lipinski definition) is 9. The first-order valence-electron chi connectivity index (χ1n) is 13.4. The average Bonchev–Trinajstić information content (AvgIpc) is 3.02. The smallest absolute Gasteiger partial charge is 0.239 e. The van der Waals surface area contributed by atoms with E-state index < -0.39 is 91.6 Å². The molecule has 0 aliphatic carbocycles. The van der Waals surface area contributed by atoms with E-state index in [0.717, 1.165) is 0 Å². The third-order valence-electron chi connectivity index (χ3n) is 7.44. The zero-order valence-corrected chi connectivity index (χ0v) is 23.0. The van der Waals surface area contributed by atoms with Gasteiger partial charge in [0, 0.05) is 17.7 Å². The fourth-order valence-electron chi connectivity index (χ4n) is 4.94. The maximum Gasteiger partial charge on any atom is 0.239 e. The Bertz CT molecular complexity index is 1500. The zero-order chi connectivity index (χ0) is 31.9. The summed E-state index contributed by atoms with van der Waals surface area (Å²) >= 11 is 0. The molecule has 2 saturated heterocycles. The SMILES string of the molecule is COc1cc(O)c2c(=O)c(O[C@@H]3OC(CO)[C@H](O)C(O)C3O)c(-c3ccc(O[C@@H]4OC(CO)[C@@H](O)C(O)C4O)cc3)oc2c1. The Morgan fingerprint density at radius 3 is 1.80 bits per heavy atom. The molecule has 9 N–H and O–H groups in total. The molecule has 0 bridgehead atoms. The van der Waals surface area contributed by atoms with Crippen molar-refractivity contribution in [3.8, 4) is 34.3 Å². The van der Waals surface area contributed by atoms with Crippen LogP contribution in [0, 0.1) is 0 Å². The summed E-state index contributed by atoms with van der Waals surface area (Å²) < 4.78 is 33.2. The highest BCUT2D eigenvalue weighted by Gasteiger charge is 2.46. The molecule has 16 heteroatoms. The van der Waals surface area contributed by atoms with Gasteiger partial charge in [-0.2, -0.15) is 0 Å². The number of phenols is 1. The van der Waals surface area contributed by atoms with Gasteiger partial charge >= 0.3 is 0 Å². The molecule has 5 rings (SSSR count). The van der Waals surface area contributed by atoms with E-state index in [9.17, 15) is 50.8 Å². The van der Waals surface area contributed by atoms with E-state index in [1.807, 2.05) is 0 Å². The van der Waals surface area contributed by atoms with Gasteiger partial charge < -0.3 is 74.1 Å². The van der Waals surface area contributed by atoms with E-state index in [-0.39, 0.29) is 33.8 Å². The molecule has 0 saturated carbocycles. The molecule has 2 aliphatic heterocycles. The van der Waals surface area contributed by atoms with Gasteiger partial charge in [0.2, 0.25) is 23.8 Å². The largest absolute Gasteiger partial charge is 0.507 e. The van der Waals surface area contributed by atoms with Gasteiger partial charge in [-0.15, -0.1) is 0 Å². The standard InChI is InChI=1S/C28H32O16/c1-39-12-6-13(31)17-14(7-12)41-25(26(20(17)34)44-28-24(38)22(36)19(33)16(9-30)43-28)10-2-4-11(5-3-10)40-27-23(37)21(35)18(32)15(8-29)42-27/h2-7,15-16,18-19,21-24,27-33,35-38H,8-9H2,1H3/t15?,16?,18-,19+,21?,22?,23?,24?,27-,28+/m1/s1. The lowest BCUT2D eigenvalue weighted by Crippen LogP contribution is -2.60. The zero-order valence-electron chi connectivity index (χ0n) is 23.0. The molecule has 2 aromatic carbocycles. The first kappa shape index (κ1) is 31.9. The molecule has 0 spiro atoms. The summed E-state index contributed by atoms with van der Waals surface area (Å²) in [6.45, 7) is -1.40. The van der Waals surface area contributed by atoms with E-state index in [0.29, 0.717) is 0 Å². The molecule has 2 fully saturated rings. The Morgan fingerprint density at radius 2 is 1.27 bits per heavy atom. The Morgan fingerprint density at radius 1 is 0.727 bits per heavy atom. The molecule has 44 heavy (non-hydrogen) atoms. The second-order valence-corrected chi connectivity index (χ2v) is 10.3. The molecule has 1 aromatic heterocycles. The predicted molar refractivity (Wildman–Crippen MR) is 145 cm³/mol. The van der Waals surface area contributed by atoms with Gasteiger partial charge in [-0.25, -0.2) is 0 Å². The molecule has 240 valence electrons. The summed E-state index contributed by atoms with van der Waals surface area (Å²) in [6.07, 6.45) is -16.0. The highest BCUT2D eigenvalue weighted by atomic mass is 16.7. The second-order valence-electron chi connectivity index (χ2n) is 10.3. The highest BCUT2D eigenvalue weighted by molar-refractivity contribution is 5.88. The van der Waals surface area contributed by atoms with Gasteiger partial charge in [-0.05, 0) is 24.3 Å². The minimum absolute atomic E-state index is 0.0944. The van der Waals surface area contributed by atoms with Crippen LogP contribution in [0.15, 0.2) is 45.6 Å². The van der Waals surface area contributed by atoms with Crippen molar-refractivity contribution in [3.05, 3.63) is 46.6 Å². The Kier molecular flexibility index (Phi) is 9.28. The van der Waals surface area contributed by atoms with Crippen molar-refractivity contribution in [2.75, 3.05) is 20.3 Å². The van der Waals surface area contributed by atoms with Crippen LogP contribution in [0.4, 0.5) is 0 Å². The van der Waals surface area contributed by atoms with Crippen molar-refractivity contribution >= 4 is 11.0 Å².